The summed E-state index contributed by atoms with van der Waals surface area (Å²) in [5.41, 5.74) is 2.64. The first kappa shape index (κ1) is 27.3. The molecule has 1 N–H and O–H groups in total. The molecule has 0 spiro atoms. The third-order valence-electron chi connectivity index (χ3n) is 6.85. The van der Waals surface area contributed by atoms with Crippen LogP contribution in [0.4, 0.5) is 0 Å². The van der Waals surface area contributed by atoms with Crippen molar-refractivity contribution in [2.45, 2.75) is 10.8 Å². The number of hydrogen-bond donors (Lipinski definition) is 1. The van der Waals surface area contributed by atoms with Crippen molar-refractivity contribution >= 4 is 50.6 Å². The molecule has 0 aromatic heterocycles. The summed E-state index contributed by atoms with van der Waals surface area (Å²) in [4.78, 5) is 4.02. The summed E-state index contributed by atoms with van der Waals surface area (Å²) >= 11 is 12.1. The minimum Gasteiger partial charge on any atom is -0.351 e. The summed E-state index contributed by atoms with van der Waals surface area (Å²) in [6.45, 7) is 3.00. The van der Waals surface area contributed by atoms with E-state index >= 15 is 0 Å². The number of halogens is 2. The molecular weight excluding hydrogens is 555 g/mol. The predicted molar refractivity (Wildman–Crippen MR) is 157 cm³/mol. The molecule has 39 heavy (non-hydrogen) atoms. The van der Waals surface area contributed by atoms with E-state index in [0.717, 1.165) is 29.9 Å². The van der Waals surface area contributed by atoms with E-state index in [1.165, 1.54) is 24.3 Å². The maximum Gasteiger partial charge on any atom is 0.284 e. The number of piperazine rings is 1. The largest absolute Gasteiger partial charge is 0.351 e. The molecule has 1 atom stereocenters. The average Bonchev–Trinajstić information content (AvgIpc) is 3.38. The van der Waals surface area contributed by atoms with Gasteiger partial charge in [0.25, 0.3) is 10.0 Å². The van der Waals surface area contributed by atoms with Crippen LogP contribution in [0, 0.1) is 5.41 Å². The lowest BCUT2D eigenvalue weighted by atomic mass is 9.91. The Labute approximate surface area is 238 Å². The molecule has 0 aliphatic carbocycles. The van der Waals surface area contributed by atoms with E-state index in [1.54, 1.807) is 17.1 Å². The molecule has 0 bridgehead atoms. The van der Waals surface area contributed by atoms with Gasteiger partial charge in [-0.25, -0.2) is 5.01 Å². The molecule has 202 valence electrons. The number of nitrogens with one attached hydrogen (secondary N) is 1. The molecule has 11 heteroatoms. The van der Waals surface area contributed by atoms with Crippen molar-refractivity contribution in [2.24, 2.45) is 9.50 Å². The Morgan fingerprint density at radius 3 is 2.10 bits per heavy atom. The van der Waals surface area contributed by atoms with E-state index < -0.39 is 10.0 Å². The van der Waals surface area contributed by atoms with Crippen LogP contribution >= 0.6 is 23.2 Å². The van der Waals surface area contributed by atoms with Crippen molar-refractivity contribution in [3.63, 3.8) is 0 Å². The average molecular weight is 584 g/mol. The SMILES string of the molecule is CN1CCN(C(=N)/C(=N\S(=O)(=O)c2ccc(Cl)cc2)N2CC(c3ccccc3)C(c3ccc(Cl)cc3)=N2)CC1. The number of benzene rings is 3. The Bertz CT molecular complexity index is 1500. The van der Waals surface area contributed by atoms with Gasteiger partial charge in [-0.15, -0.1) is 4.40 Å². The highest BCUT2D eigenvalue weighted by Crippen LogP contribution is 2.30. The van der Waals surface area contributed by atoms with Gasteiger partial charge in [0.05, 0.1) is 17.2 Å². The van der Waals surface area contributed by atoms with Crippen LogP contribution in [0.2, 0.25) is 10.0 Å². The summed E-state index contributed by atoms with van der Waals surface area (Å²) in [7, 11) is -2.13. The lowest BCUT2D eigenvalue weighted by molar-refractivity contribution is 0.215. The Hall–Kier alpha value is -3.24. The maximum absolute atomic E-state index is 13.4. The van der Waals surface area contributed by atoms with Crippen LogP contribution in [0.15, 0.2) is 93.3 Å². The zero-order valence-electron chi connectivity index (χ0n) is 21.3. The van der Waals surface area contributed by atoms with Crippen LogP contribution in [-0.2, 0) is 10.0 Å². The predicted octanol–water partition coefficient (Wildman–Crippen LogP) is 4.81. The third-order valence-corrected chi connectivity index (χ3v) is 8.64. The van der Waals surface area contributed by atoms with Gasteiger partial charge in [-0.05, 0) is 54.6 Å². The van der Waals surface area contributed by atoms with Gasteiger partial charge in [-0.2, -0.15) is 13.5 Å². The zero-order chi connectivity index (χ0) is 27.6. The van der Waals surface area contributed by atoms with Crippen molar-refractivity contribution in [3.8, 4) is 0 Å². The molecular formula is C28H28Cl2N6O2S. The molecule has 0 radical (unpaired) electrons. The van der Waals surface area contributed by atoms with Gasteiger partial charge in [0.1, 0.15) is 0 Å². The molecule has 8 nitrogen and oxygen atoms in total. The molecule has 1 unspecified atom stereocenters. The fourth-order valence-electron chi connectivity index (χ4n) is 4.62. The minimum atomic E-state index is -4.15. The molecule has 2 aliphatic rings. The Morgan fingerprint density at radius 1 is 0.897 bits per heavy atom. The summed E-state index contributed by atoms with van der Waals surface area (Å²) in [5, 5.41) is 16.5. The Morgan fingerprint density at radius 2 is 1.49 bits per heavy atom. The number of hydrazone groups is 1. The van der Waals surface area contributed by atoms with Gasteiger partial charge in [-0.3, -0.25) is 5.41 Å². The van der Waals surface area contributed by atoms with E-state index in [1.807, 2.05) is 54.4 Å². The van der Waals surface area contributed by atoms with E-state index in [0.29, 0.717) is 29.7 Å². The van der Waals surface area contributed by atoms with Crippen molar-refractivity contribution in [1.82, 2.24) is 14.8 Å². The second kappa shape index (κ2) is 11.5. The first-order chi connectivity index (χ1) is 18.7. The van der Waals surface area contributed by atoms with E-state index in [2.05, 4.69) is 9.30 Å². The van der Waals surface area contributed by atoms with Crippen LogP contribution in [0.25, 0.3) is 0 Å². The highest BCUT2D eigenvalue weighted by molar-refractivity contribution is 7.90. The van der Waals surface area contributed by atoms with Gasteiger partial charge < -0.3 is 9.80 Å². The quantitative estimate of drug-likeness (QED) is 0.352. The second-order valence-corrected chi connectivity index (χ2v) is 12.0. The fraction of sp³-hybridized carbons (Fsp3) is 0.250. The second-order valence-electron chi connectivity index (χ2n) is 9.52. The number of amidine groups is 2. The van der Waals surface area contributed by atoms with Crippen LogP contribution in [-0.4, -0.2) is 80.4 Å². The number of nitrogens with zero attached hydrogens (tertiary/aromatic N) is 5. The fourth-order valence-corrected chi connectivity index (χ4v) is 5.86. The smallest absolute Gasteiger partial charge is 0.284 e. The minimum absolute atomic E-state index is 0.00344. The van der Waals surface area contributed by atoms with Gasteiger partial charge in [0.2, 0.25) is 5.84 Å². The molecule has 2 aliphatic heterocycles. The van der Waals surface area contributed by atoms with Crippen molar-refractivity contribution in [3.05, 3.63) is 100 Å². The summed E-state index contributed by atoms with van der Waals surface area (Å²) in [6.07, 6.45) is 0. The molecule has 5 rings (SSSR count). The first-order valence-electron chi connectivity index (χ1n) is 12.5. The monoisotopic (exact) mass is 582 g/mol. The third kappa shape index (κ3) is 6.17. The molecule has 1 fully saturated rings. The normalized spacial score (nSPS) is 18.8. The van der Waals surface area contributed by atoms with Crippen LogP contribution in [0.1, 0.15) is 17.0 Å². The molecule has 0 saturated carbocycles. The van der Waals surface area contributed by atoms with Gasteiger partial charge in [0, 0.05) is 42.1 Å². The summed E-state index contributed by atoms with van der Waals surface area (Å²) in [5.74, 6) is -0.163. The highest BCUT2D eigenvalue weighted by atomic mass is 35.5. The summed E-state index contributed by atoms with van der Waals surface area (Å²) in [6, 6.07) is 23.2. The van der Waals surface area contributed by atoms with Crippen molar-refractivity contribution in [1.29, 1.82) is 5.41 Å². The van der Waals surface area contributed by atoms with Crippen molar-refractivity contribution in [2.75, 3.05) is 39.8 Å². The van der Waals surface area contributed by atoms with Crippen LogP contribution < -0.4 is 0 Å². The number of rotatable bonds is 4. The number of likely N-dealkylation sites (N-methyl/N-ethyl adjacent to an activating group) is 1. The molecule has 0 amide bonds. The molecule has 3 aromatic rings. The number of sulfonamides is 1. The standard InChI is InChI=1S/C28H28Cl2N6O2S/c1-34-15-17-35(18-16-34)27(31)28(33-39(37,38)24-13-11-23(30)12-14-24)36-19-25(20-5-3-2-4-6-20)26(32-36)21-7-9-22(29)10-8-21/h2-14,25,31H,15-19H2,1H3/b31-27?,33-28+. The lowest BCUT2D eigenvalue weighted by Gasteiger charge is -2.35. The lowest BCUT2D eigenvalue weighted by Crippen LogP contribution is -2.51. The van der Waals surface area contributed by atoms with Crippen LogP contribution in [0.5, 0.6) is 0 Å². The molecule has 3 aromatic carbocycles. The topological polar surface area (TPSA) is 92.4 Å². The summed E-state index contributed by atoms with van der Waals surface area (Å²) < 4.78 is 31.1. The van der Waals surface area contributed by atoms with Crippen LogP contribution in [0.3, 0.4) is 0 Å². The molecule has 2 heterocycles. The van der Waals surface area contributed by atoms with Gasteiger partial charge in [-0.1, -0.05) is 65.7 Å². The molecule has 1 saturated heterocycles. The van der Waals surface area contributed by atoms with E-state index in [-0.39, 0.29) is 22.5 Å². The maximum atomic E-state index is 13.4. The highest BCUT2D eigenvalue weighted by Gasteiger charge is 2.35. The van der Waals surface area contributed by atoms with E-state index in [4.69, 9.17) is 33.7 Å². The Balaban J connectivity index is 1.59. The zero-order valence-corrected chi connectivity index (χ0v) is 23.7. The van der Waals surface area contributed by atoms with Gasteiger partial charge in [0.15, 0.2) is 5.84 Å². The Kier molecular flexibility index (Phi) is 8.04. The first-order valence-corrected chi connectivity index (χ1v) is 14.7. The van der Waals surface area contributed by atoms with Crippen molar-refractivity contribution < 1.29 is 8.42 Å². The number of hydrogen-bond acceptors (Lipinski definition) is 5. The van der Waals surface area contributed by atoms with E-state index in [9.17, 15) is 8.42 Å². The van der Waals surface area contributed by atoms with Gasteiger partial charge >= 0.3 is 0 Å².